The molecule has 5 heterocycles. The number of benzene rings is 1. The number of hydrogen-bond donors (Lipinski definition) is 2. The zero-order valence-electron chi connectivity index (χ0n) is 22.6. The topological polar surface area (TPSA) is 85.0 Å². The summed E-state index contributed by atoms with van der Waals surface area (Å²) >= 11 is 0. The van der Waals surface area contributed by atoms with Crippen LogP contribution in [0.25, 0.3) is 0 Å². The first-order valence-corrected chi connectivity index (χ1v) is 15.0. The molecule has 0 aromatic heterocycles. The Balaban J connectivity index is 0.999. The van der Waals surface area contributed by atoms with Gasteiger partial charge in [-0.05, 0) is 107 Å². The van der Waals surface area contributed by atoms with Crippen LogP contribution >= 0.6 is 0 Å². The van der Waals surface area contributed by atoms with Crippen molar-refractivity contribution < 1.29 is 14.4 Å². The minimum absolute atomic E-state index is 0.0882. The molecular formula is C30H43N5O3. The van der Waals surface area contributed by atoms with E-state index in [1.54, 1.807) is 4.90 Å². The molecule has 0 spiro atoms. The molecule has 0 aliphatic carbocycles. The van der Waals surface area contributed by atoms with E-state index in [0.717, 1.165) is 42.1 Å². The Labute approximate surface area is 226 Å². The van der Waals surface area contributed by atoms with Gasteiger partial charge in [0.05, 0.1) is 0 Å². The summed E-state index contributed by atoms with van der Waals surface area (Å²) in [5.41, 5.74) is 2.89. The SMILES string of the molecule is O=C1CCC(N2Cc3c(cccc3N3CCC(CN4CCC(CC5CCNCC5)CC4)CC3)C2=O)C(=O)N1. The first kappa shape index (κ1) is 25.8. The zero-order chi connectivity index (χ0) is 26.1. The van der Waals surface area contributed by atoms with Gasteiger partial charge in [-0.3, -0.25) is 19.7 Å². The van der Waals surface area contributed by atoms with Gasteiger partial charge in [0.25, 0.3) is 5.91 Å². The minimum Gasteiger partial charge on any atom is -0.371 e. The summed E-state index contributed by atoms with van der Waals surface area (Å²) in [4.78, 5) is 44.1. The van der Waals surface area contributed by atoms with Crippen LogP contribution < -0.4 is 15.5 Å². The Morgan fingerprint density at radius 1 is 0.816 bits per heavy atom. The second kappa shape index (κ2) is 11.3. The van der Waals surface area contributed by atoms with Crippen molar-refractivity contribution in [2.75, 3.05) is 50.7 Å². The molecule has 5 aliphatic heterocycles. The Hall–Kier alpha value is -2.45. The summed E-state index contributed by atoms with van der Waals surface area (Å²) in [7, 11) is 0. The fourth-order valence-electron chi connectivity index (χ4n) is 7.58. The standard InChI is InChI=1S/C30H43N5O3/c36-28-5-4-27(29(37)32-28)35-20-25-24(30(35)38)2-1-3-26(25)34-16-10-23(11-17-34)19-33-14-8-22(9-15-33)18-21-6-12-31-13-7-21/h1-3,21-23,27,31H,4-20H2,(H,32,36,37). The van der Waals surface area contributed by atoms with E-state index in [1.165, 1.54) is 77.7 Å². The Morgan fingerprint density at radius 2 is 1.53 bits per heavy atom. The van der Waals surface area contributed by atoms with Crippen molar-refractivity contribution in [1.82, 2.24) is 20.4 Å². The lowest BCUT2D eigenvalue weighted by molar-refractivity contribution is -0.136. The highest BCUT2D eigenvalue weighted by Crippen LogP contribution is 2.36. The Bertz CT molecular complexity index is 1040. The molecule has 1 aromatic rings. The van der Waals surface area contributed by atoms with Gasteiger partial charge in [0, 0.05) is 49.4 Å². The molecule has 4 saturated heterocycles. The summed E-state index contributed by atoms with van der Waals surface area (Å²) in [6.07, 6.45) is 9.98. The van der Waals surface area contributed by atoms with Crippen LogP contribution in [0.2, 0.25) is 0 Å². The highest BCUT2D eigenvalue weighted by molar-refractivity contribution is 6.06. The number of likely N-dealkylation sites (tertiary alicyclic amines) is 1. The van der Waals surface area contributed by atoms with E-state index in [0.29, 0.717) is 18.5 Å². The van der Waals surface area contributed by atoms with Crippen LogP contribution in [0, 0.1) is 17.8 Å². The van der Waals surface area contributed by atoms with Crippen LogP contribution in [0.3, 0.4) is 0 Å². The second-order valence-electron chi connectivity index (χ2n) is 12.3. The quantitative estimate of drug-likeness (QED) is 0.560. The molecule has 0 saturated carbocycles. The van der Waals surface area contributed by atoms with Crippen LogP contribution in [0.15, 0.2) is 18.2 Å². The van der Waals surface area contributed by atoms with Crippen LogP contribution in [0.5, 0.6) is 0 Å². The highest BCUT2D eigenvalue weighted by atomic mass is 16.2. The smallest absolute Gasteiger partial charge is 0.255 e. The number of nitrogens with zero attached hydrogens (tertiary/aromatic N) is 3. The number of carbonyl (C=O) groups is 3. The van der Waals surface area contributed by atoms with Crippen LogP contribution in [0.1, 0.15) is 73.7 Å². The normalized spacial score (nSPS) is 26.6. The first-order chi connectivity index (χ1) is 18.5. The number of imide groups is 1. The van der Waals surface area contributed by atoms with E-state index in [2.05, 4.69) is 26.5 Å². The minimum atomic E-state index is -0.560. The zero-order valence-corrected chi connectivity index (χ0v) is 22.6. The summed E-state index contributed by atoms with van der Waals surface area (Å²) in [5, 5.41) is 5.90. The number of anilines is 1. The maximum absolute atomic E-state index is 13.2. The Morgan fingerprint density at radius 3 is 2.26 bits per heavy atom. The number of hydrogen-bond acceptors (Lipinski definition) is 6. The largest absolute Gasteiger partial charge is 0.371 e. The molecule has 4 fully saturated rings. The van der Waals surface area contributed by atoms with Crippen molar-refractivity contribution in [3.05, 3.63) is 29.3 Å². The number of amides is 3. The van der Waals surface area contributed by atoms with E-state index >= 15 is 0 Å². The lowest BCUT2D eigenvalue weighted by atomic mass is 9.83. The molecule has 6 rings (SSSR count). The molecular weight excluding hydrogens is 478 g/mol. The summed E-state index contributed by atoms with van der Waals surface area (Å²) in [5.74, 6) is 1.93. The van der Waals surface area contributed by atoms with Gasteiger partial charge in [-0.25, -0.2) is 0 Å². The molecule has 0 radical (unpaired) electrons. The molecule has 206 valence electrons. The fraction of sp³-hybridized carbons (Fsp3) is 0.700. The predicted molar refractivity (Wildman–Crippen MR) is 147 cm³/mol. The van der Waals surface area contributed by atoms with Crippen molar-refractivity contribution in [1.29, 1.82) is 0 Å². The van der Waals surface area contributed by atoms with E-state index in [9.17, 15) is 14.4 Å². The fourth-order valence-corrected chi connectivity index (χ4v) is 7.58. The van der Waals surface area contributed by atoms with Gasteiger partial charge in [0.2, 0.25) is 11.8 Å². The Kier molecular flexibility index (Phi) is 7.70. The lowest BCUT2D eigenvalue weighted by Gasteiger charge is -2.39. The summed E-state index contributed by atoms with van der Waals surface area (Å²) in [6.45, 7) is 8.65. The van der Waals surface area contributed by atoms with Crippen molar-refractivity contribution in [2.24, 2.45) is 17.8 Å². The van der Waals surface area contributed by atoms with E-state index in [4.69, 9.17) is 0 Å². The molecule has 1 unspecified atom stereocenters. The number of nitrogens with one attached hydrogen (secondary N) is 2. The molecule has 8 heteroatoms. The van der Waals surface area contributed by atoms with Gasteiger partial charge in [0.15, 0.2) is 0 Å². The monoisotopic (exact) mass is 521 g/mol. The molecule has 8 nitrogen and oxygen atoms in total. The lowest BCUT2D eigenvalue weighted by Crippen LogP contribution is -2.52. The summed E-state index contributed by atoms with van der Waals surface area (Å²) in [6, 6.07) is 5.43. The molecule has 1 aromatic carbocycles. The molecule has 38 heavy (non-hydrogen) atoms. The van der Waals surface area contributed by atoms with Crippen LogP contribution in [0.4, 0.5) is 5.69 Å². The van der Waals surface area contributed by atoms with Crippen molar-refractivity contribution in [2.45, 2.75) is 70.4 Å². The van der Waals surface area contributed by atoms with Crippen molar-refractivity contribution in [3.63, 3.8) is 0 Å². The first-order valence-electron chi connectivity index (χ1n) is 15.0. The highest BCUT2D eigenvalue weighted by Gasteiger charge is 2.40. The summed E-state index contributed by atoms with van der Waals surface area (Å²) < 4.78 is 0. The van der Waals surface area contributed by atoms with Crippen molar-refractivity contribution >= 4 is 23.4 Å². The molecule has 2 N–H and O–H groups in total. The second-order valence-corrected chi connectivity index (χ2v) is 12.3. The van der Waals surface area contributed by atoms with Gasteiger partial charge >= 0.3 is 0 Å². The maximum atomic E-state index is 13.2. The third-order valence-electron chi connectivity index (χ3n) is 9.86. The number of fused-ring (bicyclic) bond motifs is 1. The van der Waals surface area contributed by atoms with Gasteiger partial charge < -0.3 is 20.0 Å². The average Bonchev–Trinajstić information content (AvgIpc) is 3.27. The maximum Gasteiger partial charge on any atom is 0.255 e. The van der Waals surface area contributed by atoms with Crippen molar-refractivity contribution in [3.8, 4) is 0 Å². The van der Waals surface area contributed by atoms with E-state index in [-0.39, 0.29) is 24.1 Å². The molecule has 1 atom stereocenters. The van der Waals surface area contributed by atoms with Crippen LogP contribution in [-0.4, -0.2) is 79.4 Å². The number of carbonyl (C=O) groups excluding carboxylic acids is 3. The van der Waals surface area contributed by atoms with E-state index in [1.807, 2.05) is 12.1 Å². The van der Waals surface area contributed by atoms with Gasteiger partial charge in [-0.15, -0.1) is 0 Å². The third kappa shape index (κ3) is 5.48. The van der Waals surface area contributed by atoms with E-state index < -0.39 is 6.04 Å². The van der Waals surface area contributed by atoms with Gasteiger partial charge in [-0.2, -0.15) is 0 Å². The third-order valence-corrected chi connectivity index (χ3v) is 9.86. The van der Waals surface area contributed by atoms with Gasteiger partial charge in [-0.1, -0.05) is 6.07 Å². The average molecular weight is 522 g/mol. The number of piperidine rings is 4. The van der Waals surface area contributed by atoms with Gasteiger partial charge in [0.1, 0.15) is 6.04 Å². The molecule has 3 amide bonds. The number of rotatable bonds is 6. The molecule has 5 aliphatic rings. The molecule has 0 bridgehead atoms. The predicted octanol–water partition coefficient (Wildman–Crippen LogP) is 2.77. The van der Waals surface area contributed by atoms with Crippen LogP contribution in [-0.2, 0) is 16.1 Å².